The lowest BCUT2D eigenvalue weighted by Gasteiger charge is -2.18. The summed E-state index contributed by atoms with van der Waals surface area (Å²) in [6.45, 7) is -1.05. The summed E-state index contributed by atoms with van der Waals surface area (Å²) in [6, 6.07) is 6.59. The quantitative estimate of drug-likeness (QED) is 0.462. The molecule has 9 nitrogen and oxygen atoms in total. The van der Waals surface area contributed by atoms with E-state index in [-0.39, 0.29) is 10.6 Å². The summed E-state index contributed by atoms with van der Waals surface area (Å²) >= 11 is 0. The number of anilines is 1. The zero-order chi connectivity index (χ0) is 16.0. The van der Waals surface area contributed by atoms with Crippen LogP contribution in [-0.2, 0) is 10.0 Å². The van der Waals surface area contributed by atoms with Crippen LogP contribution in [0.2, 0.25) is 0 Å². The van der Waals surface area contributed by atoms with Gasteiger partial charge in [-0.3, -0.25) is 10.1 Å². The first-order chi connectivity index (χ1) is 9.88. The predicted molar refractivity (Wildman–Crippen MR) is 72.6 cm³/mol. The van der Waals surface area contributed by atoms with E-state index >= 15 is 0 Å². The highest BCUT2D eigenvalue weighted by atomic mass is 32.2. The molecule has 21 heavy (non-hydrogen) atoms. The molecule has 0 radical (unpaired) electrons. The first-order valence-electron chi connectivity index (χ1n) is 5.58. The van der Waals surface area contributed by atoms with E-state index < -0.39 is 33.7 Å². The Labute approximate surface area is 121 Å². The average Bonchev–Trinajstić information content (AvgIpc) is 2.46. The molecule has 0 fully saturated rings. The monoisotopic (exact) mass is 309 g/mol. The van der Waals surface area contributed by atoms with E-state index in [4.69, 9.17) is 10.5 Å². The second-order valence-electron chi connectivity index (χ2n) is 3.78. The highest BCUT2D eigenvalue weighted by Gasteiger charge is 2.28. The minimum absolute atomic E-state index is 0.140. The third kappa shape index (κ3) is 3.45. The molecule has 0 bridgehead atoms. The lowest BCUT2D eigenvalue weighted by molar-refractivity contribution is -0.385. The summed E-state index contributed by atoms with van der Waals surface area (Å²) in [5, 5.41) is 30.7. The van der Waals surface area contributed by atoms with Crippen LogP contribution in [0.4, 0.5) is 11.4 Å². The van der Waals surface area contributed by atoms with Crippen molar-refractivity contribution in [3.63, 3.8) is 0 Å². The van der Waals surface area contributed by atoms with Crippen molar-refractivity contribution in [2.24, 2.45) is 0 Å². The van der Waals surface area contributed by atoms with Crippen LogP contribution >= 0.6 is 0 Å². The molecule has 10 heteroatoms. The molecule has 0 aliphatic rings. The van der Waals surface area contributed by atoms with Crippen molar-refractivity contribution in [2.45, 2.75) is 4.90 Å². The molecule has 0 spiro atoms. The number of hydrogen-bond acceptors (Lipinski definition) is 7. The van der Waals surface area contributed by atoms with Crippen molar-refractivity contribution in [1.82, 2.24) is 4.31 Å². The summed E-state index contributed by atoms with van der Waals surface area (Å²) in [4.78, 5) is 9.69. The molecule has 110 valence electrons. The lowest BCUT2D eigenvalue weighted by Crippen LogP contribution is -2.32. The van der Waals surface area contributed by atoms with Gasteiger partial charge in [0.05, 0.1) is 22.7 Å². The molecule has 0 heterocycles. The number of sulfonamides is 1. The minimum atomic E-state index is -4.20. The zero-order valence-corrected chi connectivity index (χ0v) is 11.8. The number of nitro benzene ring substituents is 1. The normalized spacial score (nSPS) is 10.7. The van der Waals surface area contributed by atoms with Gasteiger partial charge in [0.2, 0.25) is 10.0 Å². The van der Waals surface area contributed by atoms with Gasteiger partial charge in [0.25, 0.3) is 5.69 Å². The molecular weight excluding hydrogens is 298 g/mol. The van der Waals surface area contributed by atoms with Crippen molar-refractivity contribution in [3.05, 3.63) is 28.3 Å². The van der Waals surface area contributed by atoms with Gasteiger partial charge in [-0.05, 0) is 6.07 Å². The van der Waals surface area contributed by atoms with Crippen LogP contribution in [0.5, 0.6) is 0 Å². The van der Waals surface area contributed by atoms with E-state index in [1.165, 1.54) is 13.1 Å². The Hall–Kier alpha value is -2.69. The molecule has 0 amide bonds. The molecule has 1 aromatic carbocycles. The molecule has 0 unspecified atom stereocenters. The summed E-state index contributed by atoms with van der Waals surface area (Å²) in [5.74, 6) is 0. The maximum atomic E-state index is 12.4. The summed E-state index contributed by atoms with van der Waals surface area (Å²) in [5.41, 5.74) is -0.261. The Morgan fingerprint density at radius 2 is 1.90 bits per heavy atom. The zero-order valence-electron chi connectivity index (χ0n) is 11.0. The van der Waals surface area contributed by atoms with Crippen molar-refractivity contribution in [3.8, 4) is 12.1 Å². The number of rotatable bonds is 6. The van der Waals surface area contributed by atoms with Crippen LogP contribution in [0.15, 0.2) is 23.1 Å². The maximum Gasteiger partial charge on any atom is 0.270 e. The van der Waals surface area contributed by atoms with Crippen molar-refractivity contribution < 1.29 is 13.3 Å². The van der Waals surface area contributed by atoms with E-state index in [9.17, 15) is 18.5 Å². The summed E-state index contributed by atoms with van der Waals surface area (Å²) < 4.78 is 25.5. The number of benzene rings is 1. The molecule has 1 aromatic rings. The van der Waals surface area contributed by atoms with Crippen LogP contribution in [0.3, 0.4) is 0 Å². The van der Waals surface area contributed by atoms with Gasteiger partial charge in [0.1, 0.15) is 18.0 Å². The van der Waals surface area contributed by atoms with Gasteiger partial charge >= 0.3 is 0 Å². The molecule has 0 saturated carbocycles. The Morgan fingerprint density at radius 3 is 2.33 bits per heavy atom. The summed E-state index contributed by atoms with van der Waals surface area (Å²) in [7, 11) is -2.75. The number of non-ortho nitro benzene ring substituents is 1. The van der Waals surface area contributed by atoms with Gasteiger partial charge < -0.3 is 5.32 Å². The van der Waals surface area contributed by atoms with Crippen molar-refractivity contribution in [2.75, 3.05) is 25.5 Å². The van der Waals surface area contributed by atoms with Gasteiger partial charge in [-0.15, -0.1) is 0 Å². The number of nitrogens with one attached hydrogen (secondary N) is 1. The van der Waals surface area contributed by atoms with Crippen LogP contribution < -0.4 is 5.32 Å². The van der Waals surface area contributed by atoms with Gasteiger partial charge in [0, 0.05) is 19.2 Å². The third-order valence-electron chi connectivity index (χ3n) is 2.56. The molecule has 0 atom stereocenters. The molecule has 0 aliphatic heterocycles. The largest absolute Gasteiger partial charge is 0.387 e. The predicted octanol–water partition coefficient (Wildman–Crippen LogP) is 0.674. The molecule has 0 aromatic heterocycles. The smallest absolute Gasteiger partial charge is 0.270 e. The van der Waals surface area contributed by atoms with E-state index in [0.29, 0.717) is 4.31 Å². The van der Waals surface area contributed by atoms with Gasteiger partial charge in [-0.25, -0.2) is 8.42 Å². The second-order valence-corrected chi connectivity index (χ2v) is 5.68. The molecular formula is C11H11N5O4S. The standard InChI is InChI=1S/C11H11N5O4S/c1-14-10-3-2-9(16(17)18)8-11(10)21(19,20)15(6-4-12)7-5-13/h2-3,8,14H,6-7H2,1H3. The van der Waals surface area contributed by atoms with Crippen LogP contribution in [0, 0.1) is 32.8 Å². The molecule has 1 rings (SSSR count). The topological polar surface area (TPSA) is 140 Å². The van der Waals surface area contributed by atoms with Crippen molar-refractivity contribution in [1.29, 1.82) is 10.5 Å². The Kier molecular flexibility index (Phi) is 5.18. The summed E-state index contributed by atoms with van der Waals surface area (Å²) in [6.07, 6.45) is 0. The number of hydrogen-bond donors (Lipinski definition) is 1. The van der Waals surface area contributed by atoms with Gasteiger partial charge in [-0.2, -0.15) is 14.8 Å². The molecule has 0 aliphatic carbocycles. The van der Waals surface area contributed by atoms with E-state index in [1.54, 1.807) is 12.1 Å². The maximum absolute atomic E-state index is 12.4. The molecule has 1 N–H and O–H groups in total. The fraction of sp³-hybridized carbons (Fsp3) is 0.273. The Morgan fingerprint density at radius 1 is 1.33 bits per heavy atom. The third-order valence-corrected chi connectivity index (χ3v) is 4.39. The Bertz CT molecular complexity index is 716. The first kappa shape index (κ1) is 16.4. The highest BCUT2D eigenvalue weighted by Crippen LogP contribution is 2.28. The SMILES string of the molecule is CNc1ccc([N+](=O)[O-])cc1S(=O)(=O)N(CC#N)CC#N. The van der Waals surface area contributed by atoms with E-state index in [1.807, 2.05) is 0 Å². The molecule has 0 saturated heterocycles. The Balaban J connectivity index is 3.48. The number of nitriles is 2. The van der Waals surface area contributed by atoms with Crippen LogP contribution in [0.1, 0.15) is 0 Å². The van der Waals surface area contributed by atoms with E-state index in [2.05, 4.69) is 5.32 Å². The highest BCUT2D eigenvalue weighted by molar-refractivity contribution is 7.89. The second kappa shape index (κ2) is 6.65. The van der Waals surface area contributed by atoms with Crippen LogP contribution in [-0.4, -0.2) is 37.8 Å². The van der Waals surface area contributed by atoms with Crippen molar-refractivity contribution >= 4 is 21.4 Å². The van der Waals surface area contributed by atoms with Crippen LogP contribution in [0.25, 0.3) is 0 Å². The fourth-order valence-electron chi connectivity index (χ4n) is 1.57. The van der Waals surface area contributed by atoms with Gasteiger partial charge in [0.15, 0.2) is 0 Å². The fourth-order valence-corrected chi connectivity index (χ4v) is 3.02. The average molecular weight is 309 g/mol. The minimum Gasteiger partial charge on any atom is -0.387 e. The first-order valence-corrected chi connectivity index (χ1v) is 7.02. The van der Waals surface area contributed by atoms with E-state index in [0.717, 1.165) is 12.1 Å². The lowest BCUT2D eigenvalue weighted by atomic mass is 10.3. The van der Waals surface area contributed by atoms with Gasteiger partial charge in [-0.1, -0.05) is 0 Å². The number of nitro groups is 1. The number of nitrogens with zero attached hydrogens (tertiary/aromatic N) is 4.